The summed E-state index contributed by atoms with van der Waals surface area (Å²) in [5.74, 6) is 0.0622. The molecule has 8 nitrogen and oxygen atoms in total. The Balaban J connectivity index is 0.00000200. The molecular formula is C11H18ClN5O3. The molecule has 112 valence electrons. The van der Waals surface area contributed by atoms with Gasteiger partial charge in [0.05, 0.1) is 4.92 Å². The van der Waals surface area contributed by atoms with Gasteiger partial charge in [0.2, 0.25) is 5.91 Å². The van der Waals surface area contributed by atoms with Crippen molar-refractivity contribution >= 4 is 24.0 Å². The fourth-order valence-electron chi connectivity index (χ4n) is 2.13. The van der Waals surface area contributed by atoms with E-state index < -0.39 is 4.92 Å². The summed E-state index contributed by atoms with van der Waals surface area (Å²) in [6.07, 6.45) is 2.84. The number of nitro groups is 1. The molecule has 0 bridgehead atoms. The Hall–Kier alpha value is -1.67. The fourth-order valence-corrected chi connectivity index (χ4v) is 2.13. The van der Waals surface area contributed by atoms with Gasteiger partial charge in [-0.25, -0.2) is 0 Å². The highest BCUT2D eigenvalue weighted by Crippen LogP contribution is 2.09. The van der Waals surface area contributed by atoms with Crippen LogP contribution in [0.4, 0.5) is 5.69 Å². The maximum atomic E-state index is 12.0. The third-order valence-electron chi connectivity index (χ3n) is 3.21. The monoisotopic (exact) mass is 303 g/mol. The van der Waals surface area contributed by atoms with Gasteiger partial charge in [0.25, 0.3) is 0 Å². The normalized spacial score (nSPS) is 18.4. The van der Waals surface area contributed by atoms with Gasteiger partial charge in [-0.1, -0.05) is 0 Å². The standard InChI is InChI=1S/C11H17N5O3.ClH/c1-9-6-12-3-5-15(9)11(17)2-4-14-8-10(7-13-14)16(18)19;/h7-9,12H,2-6H2,1H3;1H/t9-;/m0./s1. The lowest BCUT2D eigenvalue weighted by molar-refractivity contribution is -0.385. The van der Waals surface area contributed by atoms with Gasteiger partial charge in [0, 0.05) is 38.6 Å². The topological polar surface area (TPSA) is 93.3 Å². The van der Waals surface area contributed by atoms with E-state index in [-0.39, 0.29) is 30.0 Å². The smallest absolute Gasteiger partial charge is 0.306 e. The SMILES string of the molecule is C[C@H]1CNCCN1C(=O)CCn1cc([N+](=O)[O-])cn1.Cl. The Morgan fingerprint density at radius 2 is 2.40 bits per heavy atom. The van der Waals surface area contributed by atoms with Crippen molar-refractivity contribution in [2.75, 3.05) is 19.6 Å². The van der Waals surface area contributed by atoms with Gasteiger partial charge in [0.15, 0.2) is 0 Å². The maximum absolute atomic E-state index is 12.0. The van der Waals surface area contributed by atoms with Crippen molar-refractivity contribution in [1.29, 1.82) is 0 Å². The second-order valence-electron chi connectivity index (χ2n) is 4.61. The van der Waals surface area contributed by atoms with E-state index in [4.69, 9.17) is 0 Å². The number of hydrogen-bond donors (Lipinski definition) is 1. The zero-order chi connectivity index (χ0) is 13.8. The molecule has 0 saturated carbocycles. The second kappa shape index (κ2) is 7.20. The van der Waals surface area contributed by atoms with Crippen LogP contribution in [-0.4, -0.2) is 51.2 Å². The zero-order valence-corrected chi connectivity index (χ0v) is 12.0. The van der Waals surface area contributed by atoms with Crippen molar-refractivity contribution in [3.8, 4) is 0 Å². The molecule has 0 unspecified atom stereocenters. The predicted molar refractivity (Wildman–Crippen MR) is 74.8 cm³/mol. The lowest BCUT2D eigenvalue weighted by Crippen LogP contribution is -2.52. The Morgan fingerprint density at radius 3 is 3.00 bits per heavy atom. The average Bonchev–Trinajstić information content (AvgIpc) is 2.85. The van der Waals surface area contributed by atoms with Crippen molar-refractivity contribution in [1.82, 2.24) is 20.0 Å². The fraction of sp³-hybridized carbons (Fsp3) is 0.636. The molecule has 1 aliphatic heterocycles. The van der Waals surface area contributed by atoms with Gasteiger partial charge < -0.3 is 10.2 Å². The molecule has 2 rings (SSSR count). The van der Waals surface area contributed by atoms with Crippen molar-refractivity contribution < 1.29 is 9.72 Å². The number of hydrogen-bond acceptors (Lipinski definition) is 5. The zero-order valence-electron chi connectivity index (χ0n) is 11.2. The molecule has 1 N–H and O–H groups in total. The molecule has 20 heavy (non-hydrogen) atoms. The van der Waals surface area contributed by atoms with Crippen LogP contribution in [0, 0.1) is 10.1 Å². The number of rotatable bonds is 4. The molecule has 1 atom stereocenters. The molecule has 1 aromatic heterocycles. The third kappa shape index (κ3) is 3.91. The van der Waals surface area contributed by atoms with Crippen molar-refractivity contribution in [3.05, 3.63) is 22.5 Å². The van der Waals surface area contributed by atoms with E-state index in [0.29, 0.717) is 19.5 Å². The van der Waals surface area contributed by atoms with Gasteiger partial charge in [-0.05, 0) is 6.92 Å². The molecule has 0 aliphatic carbocycles. The minimum atomic E-state index is -0.496. The first-order chi connectivity index (χ1) is 9.08. The highest BCUT2D eigenvalue weighted by molar-refractivity contribution is 5.85. The summed E-state index contributed by atoms with van der Waals surface area (Å²) in [5, 5.41) is 17.6. The number of aryl methyl sites for hydroxylation is 1. The van der Waals surface area contributed by atoms with Gasteiger partial charge in [0.1, 0.15) is 12.4 Å². The first kappa shape index (κ1) is 16.4. The van der Waals surface area contributed by atoms with Crippen LogP contribution in [0.25, 0.3) is 0 Å². The number of nitrogens with zero attached hydrogens (tertiary/aromatic N) is 4. The molecule has 1 aliphatic rings. The van der Waals surface area contributed by atoms with E-state index in [0.717, 1.165) is 13.1 Å². The quantitative estimate of drug-likeness (QED) is 0.643. The van der Waals surface area contributed by atoms with Crippen LogP contribution < -0.4 is 5.32 Å². The molecule has 9 heteroatoms. The van der Waals surface area contributed by atoms with E-state index in [1.807, 2.05) is 11.8 Å². The highest BCUT2D eigenvalue weighted by Gasteiger charge is 2.22. The maximum Gasteiger partial charge on any atom is 0.306 e. The van der Waals surface area contributed by atoms with Crippen LogP contribution in [0.5, 0.6) is 0 Å². The summed E-state index contributed by atoms with van der Waals surface area (Å²) in [4.78, 5) is 23.9. The minimum absolute atomic E-state index is 0. The van der Waals surface area contributed by atoms with Crippen molar-refractivity contribution in [3.63, 3.8) is 0 Å². The molecule has 0 radical (unpaired) electrons. The number of aromatic nitrogens is 2. The third-order valence-corrected chi connectivity index (χ3v) is 3.21. The van der Waals surface area contributed by atoms with E-state index in [9.17, 15) is 14.9 Å². The number of amides is 1. The van der Waals surface area contributed by atoms with Crippen LogP contribution in [0.3, 0.4) is 0 Å². The average molecular weight is 304 g/mol. The van der Waals surface area contributed by atoms with Crippen LogP contribution in [0.2, 0.25) is 0 Å². The summed E-state index contributed by atoms with van der Waals surface area (Å²) in [7, 11) is 0. The molecule has 1 aromatic rings. The Bertz CT molecular complexity index is 478. The van der Waals surface area contributed by atoms with Gasteiger partial charge >= 0.3 is 5.69 Å². The second-order valence-corrected chi connectivity index (χ2v) is 4.61. The van der Waals surface area contributed by atoms with Crippen molar-refractivity contribution in [2.24, 2.45) is 0 Å². The molecule has 1 amide bonds. The first-order valence-corrected chi connectivity index (χ1v) is 6.25. The van der Waals surface area contributed by atoms with Crippen LogP contribution in [0.1, 0.15) is 13.3 Å². The summed E-state index contributed by atoms with van der Waals surface area (Å²) in [5.41, 5.74) is -0.0528. The van der Waals surface area contributed by atoms with Crippen LogP contribution >= 0.6 is 12.4 Å². The lowest BCUT2D eigenvalue weighted by Gasteiger charge is -2.34. The summed E-state index contributed by atoms with van der Waals surface area (Å²) in [6, 6.07) is 0.188. The number of halogens is 1. The largest absolute Gasteiger partial charge is 0.337 e. The van der Waals surface area contributed by atoms with Crippen LogP contribution in [0.15, 0.2) is 12.4 Å². The molecule has 2 heterocycles. The highest BCUT2D eigenvalue weighted by atomic mass is 35.5. The minimum Gasteiger partial charge on any atom is -0.337 e. The number of nitrogens with one attached hydrogen (secondary N) is 1. The van der Waals surface area contributed by atoms with Crippen LogP contribution in [-0.2, 0) is 11.3 Å². The first-order valence-electron chi connectivity index (χ1n) is 6.25. The Morgan fingerprint density at radius 1 is 1.65 bits per heavy atom. The van der Waals surface area contributed by atoms with E-state index in [1.54, 1.807) is 0 Å². The number of piperazine rings is 1. The van der Waals surface area contributed by atoms with E-state index in [1.165, 1.54) is 17.1 Å². The molecule has 1 saturated heterocycles. The van der Waals surface area contributed by atoms with E-state index >= 15 is 0 Å². The number of carbonyl (C=O) groups is 1. The molecular weight excluding hydrogens is 286 g/mol. The lowest BCUT2D eigenvalue weighted by atomic mass is 10.2. The van der Waals surface area contributed by atoms with Gasteiger partial charge in [-0.15, -0.1) is 12.4 Å². The Kier molecular flexibility index (Phi) is 5.90. The predicted octanol–water partition coefficient (Wildman–Crippen LogP) is 0.424. The Labute approximate surface area is 122 Å². The summed E-state index contributed by atoms with van der Waals surface area (Å²) in [6.45, 7) is 4.69. The summed E-state index contributed by atoms with van der Waals surface area (Å²) >= 11 is 0. The van der Waals surface area contributed by atoms with Gasteiger partial charge in [-0.2, -0.15) is 5.10 Å². The van der Waals surface area contributed by atoms with E-state index in [2.05, 4.69) is 10.4 Å². The molecule has 0 spiro atoms. The molecule has 0 aromatic carbocycles. The number of carbonyl (C=O) groups excluding carboxylic acids is 1. The summed E-state index contributed by atoms with van der Waals surface area (Å²) < 4.78 is 1.43. The van der Waals surface area contributed by atoms with Gasteiger partial charge in [-0.3, -0.25) is 19.6 Å². The van der Waals surface area contributed by atoms with Crippen molar-refractivity contribution in [2.45, 2.75) is 25.9 Å². The molecule has 1 fully saturated rings.